The van der Waals surface area contributed by atoms with Gasteiger partial charge in [0.2, 0.25) is 5.91 Å². The van der Waals surface area contributed by atoms with Crippen molar-refractivity contribution in [3.05, 3.63) is 35.5 Å². The summed E-state index contributed by atoms with van der Waals surface area (Å²) in [5.74, 6) is -0.578. The van der Waals surface area contributed by atoms with Crippen molar-refractivity contribution in [2.45, 2.75) is 25.8 Å². The molecule has 1 atom stereocenters. The molecule has 10 heteroatoms. The number of carbonyl (C=O) groups excluding carboxylic acids is 1. The lowest BCUT2D eigenvalue weighted by Crippen LogP contribution is -2.41. The zero-order valence-corrected chi connectivity index (χ0v) is 17.3. The summed E-state index contributed by atoms with van der Waals surface area (Å²) in [6.07, 6.45) is 6.73. The third-order valence-corrected chi connectivity index (χ3v) is 5.36. The molecule has 0 saturated carbocycles. The number of amides is 1. The standard InChI is InChI=1S/C20H23ClFN7O.3H2/c1-12(20(30)23-4-7-29-5-2-3-6-29)27-19-16(22)11-26-18(28-19)15-10-25-17-14(15)8-13(21)9-24-17;;;/h8-12H,2-7H2,1H3,(H,23,30)(H,24,25)(H,26,27,28);3*1H/t12-;;;/m0.../s1. The fourth-order valence-corrected chi connectivity index (χ4v) is 3.69. The van der Waals surface area contributed by atoms with E-state index < -0.39 is 11.9 Å². The Morgan fingerprint density at radius 3 is 2.97 bits per heavy atom. The van der Waals surface area contributed by atoms with E-state index in [1.165, 1.54) is 19.0 Å². The largest absolute Gasteiger partial charge is 0.356 e. The number of H-pyrrole nitrogens is 1. The maximum absolute atomic E-state index is 14.3. The Kier molecular flexibility index (Phi) is 6.10. The van der Waals surface area contributed by atoms with Crippen LogP contribution in [0.1, 0.15) is 24.0 Å². The SMILES string of the molecule is C[C@H](Nc1nc(-c2c[nH]c3ncc(Cl)cc23)ncc1F)C(=O)NCCN1CCCC1.[HH].[HH].[HH]. The van der Waals surface area contributed by atoms with Gasteiger partial charge in [-0.25, -0.2) is 19.3 Å². The Labute approximate surface area is 182 Å². The highest BCUT2D eigenvalue weighted by Crippen LogP contribution is 2.28. The van der Waals surface area contributed by atoms with Crippen molar-refractivity contribution in [2.24, 2.45) is 0 Å². The number of pyridine rings is 1. The highest BCUT2D eigenvalue weighted by Gasteiger charge is 2.18. The molecule has 164 valence electrons. The molecule has 0 spiro atoms. The summed E-state index contributed by atoms with van der Waals surface area (Å²) in [5, 5.41) is 6.94. The van der Waals surface area contributed by atoms with Gasteiger partial charge in [0, 0.05) is 40.7 Å². The van der Waals surface area contributed by atoms with Crippen LogP contribution in [0.4, 0.5) is 10.2 Å². The first-order valence-corrected chi connectivity index (χ1v) is 10.3. The monoisotopic (exact) mass is 437 g/mol. The van der Waals surface area contributed by atoms with Gasteiger partial charge in [0.05, 0.1) is 11.2 Å². The first-order chi connectivity index (χ1) is 14.5. The summed E-state index contributed by atoms with van der Waals surface area (Å²) in [6, 6.07) is 1.09. The number of carbonyl (C=O) groups is 1. The molecule has 3 aromatic heterocycles. The van der Waals surface area contributed by atoms with Crippen molar-refractivity contribution in [1.29, 1.82) is 0 Å². The number of hydrogen-bond acceptors (Lipinski definition) is 6. The average molecular weight is 438 g/mol. The first-order valence-electron chi connectivity index (χ1n) is 9.93. The minimum absolute atomic E-state index is 0. The Balaban J connectivity index is 0.00000181. The fourth-order valence-electron chi connectivity index (χ4n) is 3.53. The smallest absolute Gasteiger partial charge is 0.242 e. The lowest BCUT2D eigenvalue weighted by molar-refractivity contribution is -0.121. The van der Waals surface area contributed by atoms with Crippen LogP contribution in [-0.4, -0.2) is 63.0 Å². The Hall–Kier alpha value is -2.78. The number of fused-ring (bicyclic) bond motifs is 1. The number of likely N-dealkylation sites (tertiary alicyclic amines) is 1. The average Bonchev–Trinajstić information content (AvgIpc) is 3.39. The number of aromatic nitrogens is 4. The van der Waals surface area contributed by atoms with Crippen LogP contribution in [0.15, 0.2) is 24.7 Å². The van der Waals surface area contributed by atoms with Crippen LogP contribution in [-0.2, 0) is 4.79 Å². The Morgan fingerprint density at radius 1 is 1.37 bits per heavy atom. The maximum atomic E-state index is 14.3. The normalized spacial score (nSPS) is 15.4. The second-order valence-corrected chi connectivity index (χ2v) is 7.78. The fraction of sp³-hybridized carbons (Fsp3) is 0.400. The molecule has 1 aliphatic rings. The van der Waals surface area contributed by atoms with Gasteiger partial charge in [-0.1, -0.05) is 11.6 Å². The van der Waals surface area contributed by atoms with E-state index in [0.29, 0.717) is 28.6 Å². The number of anilines is 1. The molecule has 3 N–H and O–H groups in total. The highest BCUT2D eigenvalue weighted by molar-refractivity contribution is 6.31. The highest BCUT2D eigenvalue weighted by atomic mass is 35.5. The molecule has 0 aliphatic carbocycles. The van der Waals surface area contributed by atoms with Crippen molar-refractivity contribution in [3.8, 4) is 11.4 Å². The lowest BCUT2D eigenvalue weighted by Gasteiger charge is -2.18. The van der Waals surface area contributed by atoms with E-state index in [9.17, 15) is 9.18 Å². The molecule has 4 rings (SSSR count). The van der Waals surface area contributed by atoms with E-state index in [1.807, 2.05) is 0 Å². The molecule has 1 amide bonds. The van der Waals surface area contributed by atoms with Gasteiger partial charge in [-0.05, 0) is 38.9 Å². The number of rotatable bonds is 7. The quantitative estimate of drug-likeness (QED) is 0.522. The molecule has 3 aromatic rings. The summed E-state index contributed by atoms with van der Waals surface area (Å²) in [7, 11) is 0. The molecule has 8 nitrogen and oxygen atoms in total. The van der Waals surface area contributed by atoms with Gasteiger partial charge < -0.3 is 20.5 Å². The third-order valence-electron chi connectivity index (χ3n) is 5.16. The molecule has 0 bridgehead atoms. The Morgan fingerprint density at radius 2 is 2.17 bits per heavy atom. The molecule has 0 radical (unpaired) electrons. The van der Waals surface area contributed by atoms with Gasteiger partial charge >= 0.3 is 0 Å². The second kappa shape index (κ2) is 8.93. The topological polar surface area (TPSA) is 98.8 Å². The van der Waals surface area contributed by atoms with Crippen molar-refractivity contribution >= 4 is 34.4 Å². The predicted molar refractivity (Wildman–Crippen MR) is 120 cm³/mol. The van der Waals surface area contributed by atoms with Gasteiger partial charge in [0.1, 0.15) is 11.7 Å². The van der Waals surface area contributed by atoms with E-state index >= 15 is 0 Å². The van der Waals surface area contributed by atoms with Gasteiger partial charge in [-0.15, -0.1) is 0 Å². The molecule has 4 heterocycles. The van der Waals surface area contributed by atoms with Crippen LogP contribution in [0.5, 0.6) is 0 Å². The molecule has 0 aromatic carbocycles. The van der Waals surface area contributed by atoms with E-state index in [-0.39, 0.29) is 16.0 Å². The van der Waals surface area contributed by atoms with Gasteiger partial charge in [-0.3, -0.25) is 4.79 Å². The van der Waals surface area contributed by atoms with Crippen molar-refractivity contribution < 1.29 is 13.5 Å². The van der Waals surface area contributed by atoms with E-state index in [4.69, 9.17) is 11.6 Å². The zero-order chi connectivity index (χ0) is 21.1. The van der Waals surface area contributed by atoms with Crippen LogP contribution in [0, 0.1) is 5.82 Å². The summed E-state index contributed by atoms with van der Waals surface area (Å²) in [5.41, 5.74) is 1.27. The summed E-state index contributed by atoms with van der Waals surface area (Å²) >= 11 is 6.04. The van der Waals surface area contributed by atoms with Crippen LogP contribution >= 0.6 is 11.6 Å². The molecule has 1 aliphatic heterocycles. The molecule has 1 fully saturated rings. The van der Waals surface area contributed by atoms with Crippen LogP contribution in [0.25, 0.3) is 22.4 Å². The van der Waals surface area contributed by atoms with Gasteiger partial charge in [0.15, 0.2) is 17.5 Å². The lowest BCUT2D eigenvalue weighted by atomic mass is 10.2. The summed E-state index contributed by atoms with van der Waals surface area (Å²) in [6.45, 7) is 5.20. The molecular formula is C20H29ClFN7O. The minimum atomic E-state index is -0.653. The summed E-state index contributed by atoms with van der Waals surface area (Å²) in [4.78, 5) is 30.3. The van der Waals surface area contributed by atoms with E-state index in [1.54, 1.807) is 19.2 Å². The number of aromatic amines is 1. The van der Waals surface area contributed by atoms with Gasteiger partial charge in [0.25, 0.3) is 0 Å². The Bertz CT molecular complexity index is 1070. The van der Waals surface area contributed by atoms with Crippen molar-refractivity contribution in [3.63, 3.8) is 0 Å². The molecule has 0 unspecified atom stereocenters. The molecule has 1 saturated heterocycles. The number of hydrogen-bond donors (Lipinski definition) is 3. The van der Waals surface area contributed by atoms with Crippen LogP contribution in [0.2, 0.25) is 5.02 Å². The zero-order valence-electron chi connectivity index (χ0n) is 16.6. The van der Waals surface area contributed by atoms with Crippen molar-refractivity contribution in [1.82, 2.24) is 30.2 Å². The van der Waals surface area contributed by atoms with Crippen molar-refractivity contribution in [2.75, 3.05) is 31.5 Å². The van der Waals surface area contributed by atoms with Crippen LogP contribution in [0.3, 0.4) is 0 Å². The third kappa shape index (κ3) is 4.52. The second-order valence-electron chi connectivity index (χ2n) is 7.35. The number of halogens is 2. The van der Waals surface area contributed by atoms with E-state index in [0.717, 1.165) is 31.2 Å². The number of nitrogens with zero attached hydrogens (tertiary/aromatic N) is 4. The summed E-state index contributed by atoms with van der Waals surface area (Å²) < 4.78 is 14.3. The number of nitrogens with one attached hydrogen (secondary N) is 3. The molecule has 30 heavy (non-hydrogen) atoms. The van der Waals surface area contributed by atoms with Gasteiger partial charge in [-0.2, -0.15) is 0 Å². The first kappa shape index (κ1) is 20.5. The maximum Gasteiger partial charge on any atom is 0.242 e. The minimum Gasteiger partial charge on any atom is -0.356 e. The molecular weight excluding hydrogens is 409 g/mol. The predicted octanol–water partition coefficient (Wildman–Crippen LogP) is 3.56. The van der Waals surface area contributed by atoms with Crippen LogP contribution < -0.4 is 10.6 Å². The van der Waals surface area contributed by atoms with E-state index in [2.05, 4.69) is 35.5 Å².